The molecule has 0 unspecified atom stereocenters. The maximum atomic E-state index is 11.1. The Bertz CT molecular complexity index is 356. The molecule has 0 atom stereocenters. The zero-order valence-corrected chi connectivity index (χ0v) is 8.46. The molecular formula is C11H11NO4. The highest BCUT2D eigenvalue weighted by atomic mass is 16.5. The van der Waals surface area contributed by atoms with E-state index < -0.39 is 12.1 Å². The number of carbonyl (C=O) groups is 3. The van der Waals surface area contributed by atoms with E-state index in [-0.39, 0.29) is 6.61 Å². The third-order valence-electron chi connectivity index (χ3n) is 1.79. The zero-order valence-electron chi connectivity index (χ0n) is 8.46. The van der Waals surface area contributed by atoms with Gasteiger partial charge in [0.25, 0.3) is 0 Å². The highest BCUT2D eigenvalue weighted by molar-refractivity contribution is 5.87. The second-order valence-corrected chi connectivity index (χ2v) is 3.00. The van der Waals surface area contributed by atoms with Gasteiger partial charge in [-0.25, -0.2) is 4.79 Å². The highest BCUT2D eigenvalue weighted by Crippen LogP contribution is 2.00. The number of rotatable bonds is 5. The van der Waals surface area contributed by atoms with Gasteiger partial charge in [0, 0.05) is 0 Å². The predicted molar refractivity (Wildman–Crippen MR) is 55.7 cm³/mol. The Morgan fingerprint density at radius 1 is 1.25 bits per heavy atom. The molecule has 1 aromatic rings. The van der Waals surface area contributed by atoms with Gasteiger partial charge in [-0.1, -0.05) is 30.3 Å². The molecule has 0 saturated heterocycles. The Morgan fingerprint density at radius 2 is 1.88 bits per heavy atom. The molecule has 0 bridgehead atoms. The largest absolute Gasteiger partial charge is 0.445 e. The van der Waals surface area contributed by atoms with Gasteiger partial charge in [0.2, 0.25) is 0 Å². The van der Waals surface area contributed by atoms with Crippen LogP contribution >= 0.6 is 0 Å². The second kappa shape index (κ2) is 6.34. The van der Waals surface area contributed by atoms with Crippen LogP contribution in [-0.2, 0) is 20.9 Å². The molecule has 1 amide bonds. The summed E-state index contributed by atoms with van der Waals surface area (Å²) in [5.74, 6) is 0. The minimum absolute atomic E-state index is 0.0944. The smallest absolute Gasteiger partial charge is 0.408 e. The maximum absolute atomic E-state index is 11.1. The van der Waals surface area contributed by atoms with E-state index >= 15 is 0 Å². The molecule has 0 saturated carbocycles. The monoisotopic (exact) mass is 221 g/mol. The number of amides is 1. The van der Waals surface area contributed by atoms with Gasteiger partial charge in [-0.3, -0.25) is 0 Å². The Balaban J connectivity index is 2.36. The molecule has 84 valence electrons. The number of nitrogens with one attached hydrogen (secondary N) is 1. The van der Waals surface area contributed by atoms with E-state index in [4.69, 9.17) is 4.74 Å². The third kappa shape index (κ3) is 3.91. The van der Waals surface area contributed by atoms with Crippen molar-refractivity contribution in [1.82, 2.24) is 5.32 Å². The van der Waals surface area contributed by atoms with Crippen LogP contribution in [-0.4, -0.2) is 24.7 Å². The fourth-order valence-electron chi connectivity index (χ4n) is 1.00. The average Bonchev–Trinajstić information content (AvgIpc) is 2.34. The van der Waals surface area contributed by atoms with Crippen molar-refractivity contribution in [2.75, 3.05) is 0 Å². The molecule has 1 N–H and O–H groups in total. The first-order valence-corrected chi connectivity index (χ1v) is 4.64. The Hall–Kier alpha value is -2.17. The van der Waals surface area contributed by atoms with Crippen LogP contribution in [0.4, 0.5) is 4.79 Å². The highest BCUT2D eigenvalue weighted by Gasteiger charge is 2.10. The maximum Gasteiger partial charge on any atom is 0.408 e. The number of aldehydes is 2. The lowest BCUT2D eigenvalue weighted by Gasteiger charge is -2.07. The van der Waals surface area contributed by atoms with Crippen molar-refractivity contribution in [3.63, 3.8) is 0 Å². The quantitative estimate of drug-likeness (QED) is 0.586. The summed E-state index contributed by atoms with van der Waals surface area (Å²) in [6, 6.07) is 7.92. The molecule has 0 heterocycles. The van der Waals surface area contributed by atoms with Gasteiger partial charge < -0.3 is 19.6 Å². The van der Waals surface area contributed by atoms with E-state index in [1.54, 1.807) is 12.1 Å². The van der Waals surface area contributed by atoms with E-state index in [1.165, 1.54) is 0 Å². The summed E-state index contributed by atoms with van der Waals surface area (Å²) in [5, 5.41) is 2.09. The molecule has 16 heavy (non-hydrogen) atoms. The minimum Gasteiger partial charge on any atom is -0.445 e. The van der Waals surface area contributed by atoms with Crippen molar-refractivity contribution >= 4 is 18.7 Å². The van der Waals surface area contributed by atoms with E-state index in [1.807, 2.05) is 18.2 Å². The van der Waals surface area contributed by atoms with E-state index in [0.29, 0.717) is 12.6 Å². The molecule has 1 rings (SSSR count). The Morgan fingerprint density at radius 3 is 2.44 bits per heavy atom. The summed E-state index contributed by atoms with van der Waals surface area (Å²) in [7, 11) is 0. The van der Waals surface area contributed by atoms with Crippen molar-refractivity contribution in [1.29, 1.82) is 0 Å². The van der Waals surface area contributed by atoms with Crippen molar-refractivity contribution in [2.45, 2.75) is 12.6 Å². The number of hydrogen-bond acceptors (Lipinski definition) is 4. The molecule has 0 aliphatic heterocycles. The summed E-state index contributed by atoms with van der Waals surface area (Å²) in [5.41, 5.74) is 0.825. The third-order valence-corrected chi connectivity index (χ3v) is 1.79. The van der Waals surface area contributed by atoms with Crippen LogP contribution in [0.2, 0.25) is 0 Å². The average molecular weight is 221 g/mol. The predicted octanol–water partition coefficient (Wildman–Crippen LogP) is 0.679. The van der Waals surface area contributed by atoms with Crippen LogP contribution in [0.25, 0.3) is 0 Å². The van der Waals surface area contributed by atoms with Crippen LogP contribution in [0.3, 0.4) is 0 Å². The van der Waals surface area contributed by atoms with Gasteiger partial charge in [-0.2, -0.15) is 0 Å². The van der Waals surface area contributed by atoms with Gasteiger partial charge in [0.15, 0.2) is 0 Å². The first kappa shape index (κ1) is 11.9. The Labute approximate surface area is 92.4 Å². The summed E-state index contributed by atoms with van der Waals surface area (Å²) in [6.45, 7) is 0.0944. The molecule has 0 spiro atoms. The molecule has 0 radical (unpaired) electrons. The van der Waals surface area contributed by atoms with Crippen LogP contribution in [0, 0.1) is 0 Å². The van der Waals surface area contributed by atoms with Crippen LogP contribution in [0.5, 0.6) is 0 Å². The van der Waals surface area contributed by atoms with Gasteiger partial charge >= 0.3 is 6.09 Å². The molecule has 0 aliphatic rings. The molecule has 5 nitrogen and oxygen atoms in total. The zero-order chi connectivity index (χ0) is 11.8. The minimum atomic E-state index is -1.15. The second-order valence-electron chi connectivity index (χ2n) is 3.00. The number of ether oxygens (including phenoxy) is 1. The van der Waals surface area contributed by atoms with Crippen LogP contribution < -0.4 is 5.32 Å². The van der Waals surface area contributed by atoms with Gasteiger partial charge in [0.1, 0.15) is 25.2 Å². The fourth-order valence-corrected chi connectivity index (χ4v) is 1.00. The van der Waals surface area contributed by atoms with E-state index in [9.17, 15) is 14.4 Å². The summed E-state index contributed by atoms with van der Waals surface area (Å²) < 4.78 is 4.79. The first-order chi connectivity index (χ1) is 7.76. The van der Waals surface area contributed by atoms with Crippen LogP contribution in [0.15, 0.2) is 30.3 Å². The van der Waals surface area contributed by atoms with E-state index in [0.717, 1.165) is 5.56 Å². The fraction of sp³-hybridized carbons (Fsp3) is 0.182. The SMILES string of the molecule is O=CC(C=O)NC(=O)OCc1ccccc1. The van der Waals surface area contributed by atoms with Crippen molar-refractivity contribution in [2.24, 2.45) is 0 Å². The van der Waals surface area contributed by atoms with Gasteiger partial charge in [0.05, 0.1) is 0 Å². The van der Waals surface area contributed by atoms with Crippen molar-refractivity contribution < 1.29 is 19.1 Å². The van der Waals surface area contributed by atoms with Crippen molar-refractivity contribution in [3.05, 3.63) is 35.9 Å². The standard InChI is InChI=1S/C11H11NO4/c13-6-10(7-14)12-11(15)16-8-9-4-2-1-3-5-9/h1-7,10H,8H2,(H,12,15). The first-order valence-electron chi connectivity index (χ1n) is 4.64. The molecule has 0 aliphatic carbocycles. The normalized spacial score (nSPS) is 9.56. The Kier molecular flexibility index (Phi) is 4.72. The van der Waals surface area contributed by atoms with Crippen molar-refractivity contribution in [3.8, 4) is 0 Å². The molecule has 0 aromatic heterocycles. The summed E-state index contributed by atoms with van der Waals surface area (Å²) in [6.07, 6.45) is -0.138. The lowest BCUT2D eigenvalue weighted by atomic mass is 10.2. The molecule has 1 aromatic carbocycles. The molecular weight excluding hydrogens is 210 g/mol. The molecule has 0 fully saturated rings. The lowest BCUT2D eigenvalue weighted by Crippen LogP contribution is -2.37. The topological polar surface area (TPSA) is 72.5 Å². The van der Waals surface area contributed by atoms with Gasteiger partial charge in [-0.15, -0.1) is 0 Å². The summed E-state index contributed by atoms with van der Waals surface area (Å²) >= 11 is 0. The number of carbonyl (C=O) groups excluding carboxylic acids is 3. The number of alkyl carbamates (subject to hydrolysis) is 1. The lowest BCUT2D eigenvalue weighted by molar-refractivity contribution is -0.116. The van der Waals surface area contributed by atoms with E-state index in [2.05, 4.69) is 5.32 Å². The van der Waals surface area contributed by atoms with Gasteiger partial charge in [-0.05, 0) is 5.56 Å². The number of hydrogen-bond donors (Lipinski definition) is 1. The van der Waals surface area contributed by atoms with Crippen LogP contribution in [0.1, 0.15) is 5.56 Å². The summed E-state index contributed by atoms with van der Waals surface area (Å²) in [4.78, 5) is 31.6. The number of benzene rings is 1. The molecule has 5 heteroatoms.